The molecule has 1 aromatic carbocycles. The molecule has 26 heavy (non-hydrogen) atoms. The van der Waals surface area contributed by atoms with Gasteiger partial charge in [0.2, 0.25) is 11.9 Å². The van der Waals surface area contributed by atoms with E-state index in [2.05, 4.69) is 51.0 Å². The van der Waals surface area contributed by atoms with Gasteiger partial charge in [-0.25, -0.2) is 9.97 Å². The third-order valence-electron chi connectivity index (χ3n) is 5.67. The van der Waals surface area contributed by atoms with Crippen molar-refractivity contribution in [2.24, 2.45) is 5.92 Å². The Bertz CT molecular complexity index is 766. The van der Waals surface area contributed by atoms with Crippen LogP contribution >= 0.6 is 0 Å². The number of aromatic nitrogens is 2. The average Bonchev–Trinajstić information content (AvgIpc) is 2.73. The second-order valence-electron chi connectivity index (χ2n) is 7.28. The standard InChI is InChI=1S/C21H26N4O/c1-2-16-13-22-21(23-14-16)24-10-8-18(9-11-24)20(26)25-12-7-17-5-3-4-6-19(17)15-25/h3-6,13-14,18H,2,7-12,15H2,1H3. The van der Waals surface area contributed by atoms with Crippen molar-refractivity contribution in [2.75, 3.05) is 24.5 Å². The van der Waals surface area contributed by atoms with Crippen LogP contribution in [0.15, 0.2) is 36.7 Å². The van der Waals surface area contributed by atoms with Crippen LogP contribution in [0.3, 0.4) is 0 Å². The van der Waals surface area contributed by atoms with E-state index in [9.17, 15) is 4.79 Å². The van der Waals surface area contributed by atoms with E-state index in [0.29, 0.717) is 5.91 Å². The highest BCUT2D eigenvalue weighted by molar-refractivity contribution is 5.79. The number of carbonyl (C=O) groups is 1. The van der Waals surface area contributed by atoms with E-state index in [1.54, 1.807) is 0 Å². The molecule has 0 unspecified atom stereocenters. The molecule has 0 saturated carbocycles. The van der Waals surface area contributed by atoms with Gasteiger partial charge in [0.15, 0.2) is 0 Å². The van der Waals surface area contributed by atoms with Crippen molar-refractivity contribution in [3.05, 3.63) is 53.3 Å². The fourth-order valence-corrected chi connectivity index (χ4v) is 3.96. The third-order valence-corrected chi connectivity index (χ3v) is 5.67. The van der Waals surface area contributed by atoms with Crippen LogP contribution in [0.2, 0.25) is 0 Å². The molecule has 3 heterocycles. The van der Waals surface area contributed by atoms with E-state index < -0.39 is 0 Å². The predicted molar refractivity (Wildman–Crippen MR) is 102 cm³/mol. The van der Waals surface area contributed by atoms with Gasteiger partial charge in [0.25, 0.3) is 0 Å². The van der Waals surface area contributed by atoms with Crippen molar-refractivity contribution >= 4 is 11.9 Å². The van der Waals surface area contributed by atoms with Crippen LogP contribution in [0.1, 0.15) is 36.5 Å². The number of amides is 1. The summed E-state index contributed by atoms with van der Waals surface area (Å²) in [5.41, 5.74) is 3.84. The summed E-state index contributed by atoms with van der Waals surface area (Å²) in [4.78, 5) is 26.2. The Morgan fingerprint density at radius 1 is 1.08 bits per heavy atom. The van der Waals surface area contributed by atoms with Crippen LogP contribution in [0.25, 0.3) is 0 Å². The molecular formula is C21H26N4O. The smallest absolute Gasteiger partial charge is 0.226 e. The van der Waals surface area contributed by atoms with Crippen LogP contribution in [0, 0.1) is 5.92 Å². The van der Waals surface area contributed by atoms with Crippen molar-refractivity contribution in [3.63, 3.8) is 0 Å². The van der Waals surface area contributed by atoms with Gasteiger partial charge in [-0.2, -0.15) is 0 Å². The summed E-state index contributed by atoms with van der Waals surface area (Å²) in [6, 6.07) is 8.48. The largest absolute Gasteiger partial charge is 0.341 e. The molecule has 1 fully saturated rings. The Hall–Kier alpha value is -2.43. The Morgan fingerprint density at radius 3 is 2.46 bits per heavy atom. The first-order chi connectivity index (χ1) is 12.7. The summed E-state index contributed by atoms with van der Waals surface area (Å²) in [5.74, 6) is 1.24. The molecule has 0 spiro atoms. The van der Waals surface area contributed by atoms with Crippen LogP contribution in [-0.2, 0) is 24.2 Å². The zero-order valence-electron chi connectivity index (χ0n) is 15.4. The average molecular weight is 350 g/mol. The first-order valence-corrected chi connectivity index (χ1v) is 9.66. The first kappa shape index (κ1) is 17.0. The maximum absolute atomic E-state index is 13.0. The Balaban J connectivity index is 1.35. The Labute approximate surface area is 155 Å². The van der Waals surface area contributed by atoms with Crippen LogP contribution in [-0.4, -0.2) is 40.4 Å². The number of rotatable bonds is 3. The number of carbonyl (C=O) groups excluding carboxylic acids is 1. The van der Waals surface area contributed by atoms with E-state index in [-0.39, 0.29) is 5.92 Å². The SMILES string of the molecule is CCc1cnc(N2CCC(C(=O)N3CCc4ccccc4C3)CC2)nc1. The lowest BCUT2D eigenvalue weighted by Crippen LogP contribution is -2.44. The monoisotopic (exact) mass is 350 g/mol. The summed E-state index contributed by atoms with van der Waals surface area (Å²) in [5, 5.41) is 0. The molecule has 2 aromatic rings. The summed E-state index contributed by atoms with van der Waals surface area (Å²) in [6.07, 6.45) is 7.51. The number of piperidine rings is 1. The molecule has 0 atom stereocenters. The molecule has 5 nitrogen and oxygen atoms in total. The molecule has 136 valence electrons. The van der Waals surface area contributed by atoms with Gasteiger partial charge in [-0.05, 0) is 42.4 Å². The Morgan fingerprint density at radius 2 is 1.77 bits per heavy atom. The molecule has 1 aromatic heterocycles. The number of fused-ring (bicyclic) bond motifs is 1. The Kier molecular flexibility index (Phi) is 4.87. The molecule has 0 bridgehead atoms. The molecule has 0 N–H and O–H groups in total. The highest BCUT2D eigenvalue weighted by Crippen LogP contribution is 2.25. The minimum atomic E-state index is 0.131. The van der Waals surface area contributed by atoms with Gasteiger partial charge in [0.05, 0.1) is 0 Å². The van der Waals surface area contributed by atoms with E-state index in [0.717, 1.165) is 63.4 Å². The number of benzene rings is 1. The number of aryl methyl sites for hydroxylation is 1. The number of hydrogen-bond donors (Lipinski definition) is 0. The number of anilines is 1. The lowest BCUT2D eigenvalue weighted by Gasteiger charge is -2.36. The zero-order chi connectivity index (χ0) is 17.9. The minimum absolute atomic E-state index is 0.131. The van der Waals surface area contributed by atoms with Gasteiger partial charge in [0, 0.05) is 44.5 Å². The van der Waals surface area contributed by atoms with Crippen molar-refractivity contribution < 1.29 is 4.79 Å². The van der Waals surface area contributed by atoms with Gasteiger partial charge in [0.1, 0.15) is 0 Å². The highest BCUT2D eigenvalue weighted by Gasteiger charge is 2.30. The lowest BCUT2D eigenvalue weighted by molar-refractivity contribution is -0.137. The van der Waals surface area contributed by atoms with E-state index >= 15 is 0 Å². The molecule has 0 aliphatic carbocycles. The molecule has 1 amide bonds. The van der Waals surface area contributed by atoms with Gasteiger partial charge >= 0.3 is 0 Å². The van der Waals surface area contributed by atoms with Crippen molar-refractivity contribution in [3.8, 4) is 0 Å². The maximum atomic E-state index is 13.0. The predicted octanol–water partition coefficient (Wildman–Crippen LogP) is 2.84. The van der Waals surface area contributed by atoms with E-state index in [1.165, 1.54) is 11.1 Å². The topological polar surface area (TPSA) is 49.3 Å². The molecule has 2 aliphatic heterocycles. The zero-order valence-corrected chi connectivity index (χ0v) is 15.4. The van der Waals surface area contributed by atoms with Crippen LogP contribution in [0.4, 0.5) is 5.95 Å². The van der Waals surface area contributed by atoms with E-state index in [1.807, 2.05) is 12.4 Å². The normalized spacial score (nSPS) is 17.9. The van der Waals surface area contributed by atoms with E-state index in [4.69, 9.17) is 0 Å². The first-order valence-electron chi connectivity index (χ1n) is 9.66. The highest BCUT2D eigenvalue weighted by atomic mass is 16.2. The lowest BCUT2D eigenvalue weighted by atomic mass is 9.93. The maximum Gasteiger partial charge on any atom is 0.226 e. The molecular weight excluding hydrogens is 324 g/mol. The van der Waals surface area contributed by atoms with Crippen LogP contribution < -0.4 is 4.90 Å². The van der Waals surface area contributed by atoms with Crippen LogP contribution in [0.5, 0.6) is 0 Å². The summed E-state index contributed by atoms with van der Waals surface area (Å²) in [6.45, 7) is 5.42. The molecule has 4 rings (SSSR count). The summed E-state index contributed by atoms with van der Waals surface area (Å²) in [7, 11) is 0. The minimum Gasteiger partial charge on any atom is -0.341 e. The second-order valence-corrected chi connectivity index (χ2v) is 7.28. The number of nitrogens with zero attached hydrogens (tertiary/aromatic N) is 4. The molecule has 1 saturated heterocycles. The summed E-state index contributed by atoms with van der Waals surface area (Å²) < 4.78 is 0. The fraction of sp³-hybridized carbons (Fsp3) is 0.476. The van der Waals surface area contributed by atoms with Gasteiger partial charge in [-0.15, -0.1) is 0 Å². The van der Waals surface area contributed by atoms with Crippen molar-refractivity contribution in [1.29, 1.82) is 0 Å². The fourth-order valence-electron chi connectivity index (χ4n) is 3.96. The molecule has 2 aliphatic rings. The van der Waals surface area contributed by atoms with Gasteiger partial charge < -0.3 is 9.80 Å². The third kappa shape index (κ3) is 3.43. The van der Waals surface area contributed by atoms with Crippen molar-refractivity contribution in [1.82, 2.24) is 14.9 Å². The quantitative estimate of drug-likeness (QED) is 0.854. The van der Waals surface area contributed by atoms with Gasteiger partial charge in [-0.1, -0.05) is 31.2 Å². The molecule has 5 heteroatoms. The molecule has 0 radical (unpaired) electrons. The van der Waals surface area contributed by atoms with Gasteiger partial charge in [-0.3, -0.25) is 4.79 Å². The second kappa shape index (κ2) is 7.44. The van der Waals surface area contributed by atoms with Crippen molar-refractivity contribution in [2.45, 2.75) is 39.2 Å². The summed E-state index contributed by atoms with van der Waals surface area (Å²) >= 11 is 0. The number of hydrogen-bond acceptors (Lipinski definition) is 4.